The largest absolute Gasteiger partial charge is 0.490 e. The van der Waals surface area contributed by atoms with E-state index in [0.29, 0.717) is 29.1 Å². The Morgan fingerprint density at radius 2 is 2.03 bits per heavy atom. The minimum Gasteiger partial charge on any atom is -0.490 e. The van der Waals surface area contributed by atoms with E-state index in [-0.39, 0.29) is 18.3 Å². The molecule has 10 nitrogen and oxygen atoms in total. The number of nitrogens with two attached hydrogens (primary N) is 1. The number of aliphatic imine (C=N–C) groups is 1. The first kappa shape index (κ1) is 22.3. The maximum Gasteiger partial charge on any atom is 0.344 e. The number of benzene rings is 1. The summed E-state index contributed by atoms with van der Waals surface area (Å²) in [4.78, 5) is 22.8. The van der Waals surface area contributed by atoms with Crippen LogP contribution in [0.4, 0.5) is 5.69 Å². The van der Waals surface area contributed by atoms with E-state index in [1.165, 1.54) is 0 Å². The molecule has 0 radical (unpaired) electrons. The first-order valence-corrected chi connectivity index (χ1v) is 12.5. The van der Waals surface area contributed by atoms with Crippen LogP contribution >= 0.6 is 0 Å². The van der Waals surface area contributed by atoms with Gasteiger partial charge < -0.3 is 15.8 Å². The number of carbonyl (C=O) groups excluding carboxylic acids is 1. The lowest BCUT2D eigenvalue weighted by molar-refractivity contribution is 0.0879. The molecule has 2 aliphatic heterocycles. The van der Waals surface area contributed by atoms with Crippen LogP contribution in [0.2, 0.25) is 0 Å². The molecule has 0 bridgehead atoms. The lowest BCUT2D eigenvalue weighted by atomic mass is 9.95. The molecule has 1 aromatic carbocycles. The smallest absolute Gasteiger partial charge is 0.344 e. The zero-order valence-corrected chi connectivity index (χ0v) is 20.0. The summed E-state index contributed by atoms with van der Waals surface area (Å²) in [6.45, 7) is 6.27. The van der Waals surface area contributed by atoms with E-state index in [0.717, 1.165) is 47.5 Å². The fourth-order valence-electron chi connectivity index (χ4n) is 4.66. The third kappa shape index (κ3) is 3.89. The number of amidine groups is 1. The van der Waals surface area contributed by atoms with E-state index in [1.54, 1.807) is 18.2 Å². The topological polar surface area (TPSA) is 148 Å². The second-order valence-corrected chi connectivity index (χ2v) is 10.7. The van der Waals surface area contributed by atoms with Gasteiger partial charge in [0.05, 0.1) is 34.6 Å². The SMILES string of the molecule is CC1=NCc2nc3c(c(C(=O)NC(C)(C)COc4cccc5c4C(N)=NS(=O)(=O)N5)c21)CCC3. The number of aryl methyl sites for hydroxylation is 1. The molecule has 1 amide bonds. The van der Waals surface area contributed by atoms with Gasteiger partial charge >= 0.3 is 10.2 Å². The molecule has 0 unspecified atom stereocenters. The Balaban J connectivity index is 1.38. The Morgan fingerprint density at radius 3 is 2.82 bits per heavy atom. The highest BCUT2D eigenvalue weighted by Gasteiger charge is 2.33. The van der Waals surface area contributed by atoms with Crippen LogP contribution in [-0.2, 0) is 29.6 Å². The summed E-state index contributed by atoms with van der Waals surface area (Å²) >= 11 is 0. The molecule has 178 valence electrons. The van der Waals surface area contributed by atoms with Gasteiger partial charge in [0.25, 0.3) is 5.91 Å². The predicted molar refractivity (Wildman–Crippen MR) is 129 cm³/mol. The summed E-state index contributed by atoms with van der Waals surface area (Å²) in [5.74, 6) is 0.0480. The number of ether oxygens (including phenoxy) is 1. The Morgan fingerprint density at radius 1 is 1.24 bits per heavy atom. The molecule has 3 heterocycles. The number of fused-ring (bicyclic) bond motifs is 3. The van der Waals surface area contributed by atoms with Gasteiger partial charge in [0, 0.05) is 17.0 Å². The molecule has 4 N–H and O–H groups in total. The van der Waals surface area contributed by atoms with Gasteiger partial charge in [-0.3, -0.25) is 19.5 Å². The first-order chi connectivity index (χ1) is 16.0. The average molecular weight is 483 g/mol. The number of anilines is 1. The van der Waals surface area contributed by atoms with Crippen molar-refractivity contribution < 1.29 is 17.9 Å². The van der Waals surface area contributed by atoms with Crippen LogP contribution in [0.25, 0.3) is 0 Å². The van der Waals surface area contributed by atoms with Crippen LogP contribution in [-0.4, -0.2) is 43.0 Å². The van der Waals surface area contributed by atoms with Gasteiger partial charge in [-0.05, 0) is 57.7 Å². The summed E-state index contributed by atoms with van der Waals surface area (Å²) in [7, 11) is -3.88. The van der Waals surface area contributed by atoms with Gasteiger partial charge in [0.2, 0.25) is 0 Å². The van der Waals surface area contributed by atoms with E-state index in [9.17, 15) is 13.2 Å². The molecule has 5 rings (SSSR count). The summed E-state index contributed by atoms with van der Waals surface area (Å²) in [6, 6.07) is 4.93. The Hall–Kier alpha value is -3.47. The van der Waals surface area contributed by atoms with Crippen molar-refractivity contribution in [2.75, 3.05) is 11.3 Å². The molecule has 1 aromatic heterocycles. The molecule has 34 heavy (non-hydrogen) atoms. The molecule has 2 aromatic rings. The predicted octanol–water partition coefficient (Wildman–Crippen LogP) is 1.86. The summed E-state index contributed by atoms with van der Waals surface area (Å²) in [5.41, 5.74) is 11.1. The van der Waals surface area contributed by atoms with Gasteiger partial charge in [-0.15, -0.1) is 4.40 Å². The van der Waals surface area contributed by atoms with Crippen LogP contribution in [0.5, 0.6) is 5.75 Å². The minimum absolute atomic E-state index is 0.123. The van der Waals surface area contributed by atoms with Gasteiger partial charge in [0.1, 0.15) is 12.4 Å². The van der Waals surface area contributed by atoms with Gasteiger partial charge in [0.15, 0.2) is 5.84 Å². The number of carbonyl (C=O) groups is 1. The van der Waals surface area contributed by atoms with E-state index in [1.807, 2.05) is 20.8 Å². The number of nitrogens with zero attached hydrogens (tertiary/aromatic N) is 3. The number of aromatic nitrogens is 1. The van der Waals surface area contributed by atoms with Crippen LogP contribution in [0.3, 0.4) is 0 Å². The summed E-state index contributed by atoms with van der Waals surface area (Å²) in [5, 5.41) is 3.11. The number of amides is 1. The second-order valence-electron chi connectivity index (χ2n) is 9.35. The highest BCUT2D eigenvalue weighted by atomic mass is 32.2. The third-order valence-electron chi connectivity index (χ3n) is 6.13. The molecule has 0 fully saturated rings. The van der Waals surface area contributed by atoms with E-state index in [2.05, 4.69) is 19.4 Å². The molecule has 0 saturated heterocycles. The Labute approximate surface area is 197 Å². The fourth-order valence-corrected chi connectivity index (χ4v) is 5.51. The maximum absolute atomic E-state index is 13.5. The molecule has 3 aliphatic rings. The van der Waals surface area contributed by atoms with Crippen molar-refractivity contribution in [2.45, 2.75) is 52.1 Å². The minimum atomic E-state index is -3.88. The van der Waals surface area contributed by atoms with Crippen molar-refractivity contribution in [2.24, 2.45) is 15.1 Å². The normalized spacial score (nSPS) is 17.6. The Bertz CT molecular complexity index is 1390. The van der Waals surface area contributed by atoms with Crippen LogP contribution in [0.1, 0.15) is 65.6 Å². The second kappa shape index (κ2) is 7.79. The van der Waals surface area contributed by atoms with Gasteiger partial charge in [-0.25, -0.2) is 0 Å². The van der Waals surface area contributed by atoms with Crippen molar-refractivity contribution in [1.29, 1.82) is 0 Å². The van der Waals surface area contributed by atoms with E-state index < -0.39 is 15.7 Å². The lowest BCUT2D eigenvalue weighted by Gasteiger charge is -2.28. The molecular weight excluding hydrogens is 456 g/mol. The van der Waals surface area contributed by atoms with Crippen LogP contribution in [0.15, 0.2) is 27.6 Å². The molecular formula is C23H26N6O4S. The number of hydrogen-bond donors (Lipinski definition) is 3. The van der Waals surface area contributed by atoms with Crippen LogP contribution in [0, 0.1) is 0 Å². The van der Waals surface area contributed by atoms with Crippen molar-refractivity contribution >= 4 is 33.4 Å². The van der Waals surface area contributed by atoms with Crippen molar-refractivity contribution in [3.63, 3.8) is 0 Å². The van der Waals surface area contributed by atoms with Crippen molar-refractivity contribution in [1.82, 2.24) is 10.3 Å². The maximum atomic E-state index is 13.5. The first-order valence-electron chi connectivity index (χ1n) is 11.1. The monoisotopic (exact) mass is 482 g/mol. The number of pyridine rings is 1. The molecule has 0 saturated carbocycles. The summed E-state index contributed by atoms with van der Waals surface area (Å²) < 4.78 is 35.5. The number of hydrogen-bond acceptors (Lipinski definition) is 7. The highest BCUT2D eigenvalue weighted by molar-refractivity contribution is 7.91. The van der Waals surface area contributed by atoms with E-state index >= 15 is 0 Å². The summed E-state index contributed by atoms with van der Waals surface area (Å²) in [6.07, 6.45) is 2.69. The van der Waals surface area contributed by atoms with Gasteiger partial charge in [-0.2, -0.15) is 8.42 Å². The van der Waals surface area contributed by atoms with Crippen molar-refractivity contribution in [3.8, 4) is 5.75 Å². The molecule has 11 heteroatoms. The quantitative estimate of drug-likeness (QED) is 0.592. The van der Waals surface area contributed by atoms with Crippen LogP contribution < -0.4 is 20.5 Å². The highest BCUT2D eigenvalue weighted by Crippen LogP contribution is 2.33. The molecule has 0 spiro atoms. The number of rotatable bonds is 5. The average Bonchev–Trinajstić information content (AvgIpc) is 3.35. The van der Waals surface area contributed by atoms with E-state index in [4.69, 9.17) is 15.5 Å². The third-order valence-corrected chi connectivity index (χ3v) is 7.05. The van der Waals surface area contributed by atoms with Crippen molar-refractivity contribution in [3.05, 3.63) is 51.8 Å². The molecule has 1 aliphatic carbocycles. The zero-order chi connectivity index (χ0) is 24.3. The lowest BCUT2D eigenvalue weighted by Crippen LogP contribution is -2.48. The standard InChI is InChI=1S/C23H26N6O4S/c1-12-18-16(10-25-12)26-14-7-4-6-13(14)19(18)22(30)27-23(2,3)11-33-17-9-5-8-15-20(17)21(24)29-34(31,32)28-15/h5,8-9,28H,4,6-7,10-11H2,1-3H3,(H2,24,29)(H,27,30). The van der Waals surface area contributed by atoms with Gasteiger partial charge in [-0.1, -0.05) is 6.07 Å². The number of nitrogens with one attached hydrogen (secondary N) is 2. The fraction of sp³-hybridized carbons (Fsp3) is 0.391. The Kier molecular flexibility index (Phi) is 5.12. The molecule has 0 atom stereocenters. The zero-order valence-electron chi connectivity index (χ0n) is 19.2.